The topological polar surface area (TPSA) is 56.2 Å². The van der Waals surface area contributed by atoms with E-state index in [-0.39, 0.29) is 18.1 Å². The van der Waals surface area contributed by atoms with Crippen molar-refractivity contribution in [1.29, 1.82) is 0 Å². The average molecular weight is 361 g/mol. The van der Waals surface area contributed by atoms with Crippen LogP contribution in [0.3, 0.4) is 0 Å². The summed E-state index contributed by atoms with van der Waals surface area (Å²) in [6.07, 6.45) is 5.43. The highest BCUT2D eigenvalue weighted by Gasteiger charge is 2.33. The summed E-state index contributed by atoms with van der Waals surface area (Å²) in [5, 5.41) is 7.14. The Morgan fingerprint density at radius 2 is 1.96 bits per heavy atom. The number of rotatable bonds is 5. The van der Waals surface area contributed by atoms with Crippen LogP contribution < -0.4 is 5.32 Å². The van der Waals surface area contributed by atoms with E-state index >= 15 is 0 Å². The molecule has 1 aliphatic rings. The molecule has 1 N–H and O–H groups in total. The van der Waals surface area contributed by atoms with Crippen molar-refractivity contribution in [2.75, 3.05) is 0 Å². The summed E-state index contributed by atoms with van der Waals surface area (Å²) in [5.74, 6) is -1.46. The van der Waals surface area contributed by atoms with E-state index in [9.17, 15) is 13.6 Å². The second kappa shape index (κ2) is 7.78. The van der Waals surface area contributed by atoms with Gasteiger partial charge in [-0.2, -0.15) is 5.10 Å². The minimum absolute atomic E-state index is 0.151. The molecule has 1 aliphatic heterocycles. The van der Waals surface area contributed by atoms with Crippen LogP contribution in [0.15, 0.2) is 43.2 Å². The Kier molecular flexibility index (Phi) is 5.46. The Morgan fingerprint density at radius 3 is 2.58 bits per heavy atom. The molecule has 1 aromatic heterocycles. The maximum Gasteiger partial charge on any atom is 0.217 e. The molecule has 0 radical (unpaired) electrons. The Bertz CT molecular complexity index is 786. The van der Waals surface area contributed by atoms with Crippen LogP contribution in [-0.2, 0) is 16.1 Å². The number of aromatic nitrogens is 2. The van der Waals surface area contributed by atoms with Gasteiger partial charge in [0.05, 0.1) is 24.9 Å². The summed E-state index contributed by atoms with van der Waals surface area (Å²) in [4.78, 5) is 11.5. The van der Waals surface area contributed by atoms with Crippen molar-refractivity contribution in [2.24, 2.45) is 0 Å². The van der Waals surface area contributed by atoms with E-state index in [0.29, 0.717) is 24.9 Å². The second-order valence-corrected chi connectivity index (χ2v) is 6.47. The second-order valence-electron chi connectivity index (χ2n) is 6.47. The average Bonchev–Trinajstić information content (AvgIpc) is 3.02. The van der Waals surface area contributed by atoms with Gasteiger partial charge in [-0.25, -0.2) is 8.78 Å². The van der Waals surface area contributed by atoms with Crippen molar-refractivity contribution in [3.05, 3.63) is 66.0 Å². The minimum atomic E-state index is -0.652. The summed E-state index contributed by atoms with van der Waals surface area (Å²) in [6.45, 7) is 5.70. The lowest BCUT2D eigenvalue weighted by atomic mass is 9.92. The molecule has 0 spiro atoms. The first kappa shape index (κ1) is 18.3. The molecule has 1 aromatic carbocycles. The molecule has 0 bridgehead atoms. The first-order valence-electron chi connectivity index (χ1n) is 8.46. The smallest absolute Gasteiger partial charge is 0.217 e. The highest BCUT2D eigenvalue weighted by molar-refractivity contribution is 5.73. The van der Waals surface area contributed by atoms with E-state index in [1.54, 1.807) is 17.0 Å². The lowest BCUT2D eigenvalue weighted by Crippen LogP contribution is -2.39. The molecule has 2 aromatic rings. The van der Waals surface area contributed by atoms with Crippen LogP contribution >= 0.6 is 0 Å². The fourth-order valence-corrected chi connectivity index (χ4v) is 3.30. The van der Waals surface area contributed by atoms with E-state index in [2.05, 4.69) is 17.0 Å². The zero-order valence-corrected chi connectivity index (χ0v) is 14.5. The predicted octanol–water partition coefficient (Wildman–Crippen LogP) is 3.44. The Hall–Kier alpha value is -2.54. The number of allylic oxidation sites excluding steroid dienone is 1. The summed E-state index contributed by atoms with van der Waals surface area (Å²) < 4.78 is 35.1. The van der Waals surface area contributed by atoms with Crippen LogP contribution in [0, 0.1) is 11.6 Å². The highest BCUT2D eigenvalue weighted by Crippen LogP contribution is 2.39. The Labute approximate surface area is 150 Å². The highest BCUT2D eigenvalue weighted by atomic mass is 19.1. The predicted molar refractivity (Wildman–Crippen MR) is 92.2 cm³/mol. The number of amides is 1. The first-order valence-corrected chi connectivity index (χ1v) is 8.46. The zero-order chi connectivity index (χ0) is 18.7. The van der Waals surface area contributed by atoms with Crippen LogP contribution in [0.4, 0.5) is 8.78 Å². The fourth-order valence-electron chi connectivity index (χ4n) is 3.30. The van der Waals surface area contributed by atoms with Gasteiger partial charge in [-0.05, 0) is 30.5 Å². The van der Waals surface area contributed by atoms with Gasteiger partial charge in [0.2, 0.25) is 5.91 Å². The van der Waals surface area contributed by atoms with E-state index < -0.39 is 17.7 Å². The molecular formula is C19H21F2N3O2. The number of hydrogen-bond acceptors (Lipinski definition) is 3. The molecular weight excluding hydrogens is 340 g/mol. The number of ether oxygens (including phenoxy) is 1. The van der Waals surface area contributed by atoms with Gasteiger partial charge in [-0.1, -0.05) is 6.08 Å². The molecule has 2 heterocycles. The minimum Gasteiger partial charge on any atom is -0.365 e. The molecule has 1 saturated heterocycles. The number of halogens is 2. The maximum absolute atomic E-state index is 13.6. The number of carbonyl (C=O) groups is 1. The van der Waals surface area contributed by atoms with Gasteiger partial charge in [0.25, 0.3) is 0 Å². The number of hydrogen-bond donors (Lipinski definition) is 1. The maximum atomic E-state index is 13.6. The van der Waals surface area contributed by atoms with Crippen molar-refractivity contribution >= 4 is 5.91 Å². The van der Waals surface area contributed by atoms with Crippen LogP contribution in [0.2, 0.25) is 0 Å². The molecule has 138 valence electrons. The van der Waals surface area contributed by atoms with E-state index in [1.165, 1.54) is 19.1 Å². The number of carbonyl (C=O) groups excluding carboxylic acids is 1. The molecule has 1 amide bonds. The quantitative estimate of drug-likeness (QED) is 0.830. The van der Waals surface area contributed by atoms with Gasteiger partial charge >= 0.3 is 0 Å². The Morgan fingerprint density at radius 1 is 1.31 bits per heavy atom. The molecule has 0 saturated carbocycles. The van der Waals surface area contributed by atoms with Crippen molar-refractivity contribution in [1.82, 2.24) is 15.1 Å². The van der Waals surface area contributed by atoms with Gasteiger partial charge in [0.1, 0.15) is 11.6 Å². The summed E-state index contributed by atoms with van der Waals surface area (Å²) >= 11 is 0. The van der Waals surface area contributed by atoms with Crippen LogP contribution in [0.1, 0.15) is 43.1 Å². The monoisotopic (exact) mass is 361 g/mol. The van der Waals surface area contributed by atoms with E-state index in [4.69, 9.17) is 4.74 Å². The van der Waals surface area contributed by atoms with Crippen molar-refractivity contribution in [3.8, 4) is 0 Å². The largest absolute Gasteiger partial charge is 0.365 e. The van der Waals surface area contributed by atoms with Crippen LogP contribution in [-0.4, -0.2) is 21.7 Å². The van der Waals surface area contributed by atoms with Gasteiger partial charge in [-0.15, -0.1) is 6.58 Å². The molecule has 1 fully saturated rings. The molecule has 5 nitrogen and oxygen atoms in total. The third-order valence-corrected chi connectivity index (χ3v) is 4.33. The van der Waals surface area contributed by atoms with Crippen molar-refractivity contribution in [2.45, 2.75) is 44.6 Å². The summed E-state index contributed by atoms with van der Waals surface area (Å²) in [7, 11) is 0. The summed E-state index contributed by atoms with van der Waals surface area (Å²) in [5.41, 5.74) is 1.27. The normalized spacial score (nSPS) is 22.8. The molecule has 3 atom stereocenters. The molecule has 7 heteroatoms. The SMILES string of the molecule is C=CCn1cc([C@@H]2C[C@H](NC(C)=O)C[C@H](c3cc(F)cc(F)c3)O2)cn1. The summed E-state index contributed by atoms with van der Waals surface area (Å²) in [6, 6.07) is 3.20. The standard InChI is InChI=1S/C19H21F2N3O2/c1-3-4-24-11-14(10-22-24)19-9-17(23-12(2)25)8-18(26-19)13-5-15(20)7-16(21)6-13/h3,5-7,10-11,17-19H,1,4,8-9H2,2H3,(H,23,25)/t17-,18-,19+/m1/s1. The number of nitrogens with one attached hydrogen (secondary N) is 1. The van der Waals surface area contributed by atoms with Gasteiger partial charge in [-0.3, -0.25) is 9.48 Å². The molecule has 26 heavy (non-hydrogen) atoms. The van der Waals surface area contributed by atoms with E-state index in [0.717, 1.165) is 11.6 Å². The third-order valence-electron chi connectivity index (χ3n) is 4.33. The number of nitrogens with zero attached hydrogens (tertiary/aromatic N) is 2. The van der Waals surface area contributed by atoms with Gasteiger partial charge < -0.3 is 10.1 Å². The van der Waals surface area contributed by atoms with Crippen LogP contribution in [0.5, 0.6) is 0 Å². The lowest BCUT2D eigenvalue weighted by Gasteiger charge is -2.35. The van der Waals surface area contributed by atoms with Crippen molar-refractivity contribution in [3.63, 3.8) is 0 Å². The Balaban J connectivity index is 1.86. The molecule has 0 aliphatic carbocycles. The molecule has 0 unspecified atom stereocenters. The van der Waals surface area contributed by atoms with Crippen molar-refractivity contribution < 1.29 is 18.3 Å². The fraction of sp³-hybridized carbons (Fsp3) is 0.368. The van der Waals surface area contributed by atoms with E-state index in [1.807, 2.05) is 6.20 Å². The van der Waals surface area contributed by atoms with Gasteiger partial charge in [0, 0.05) is 30.8 Å². The first-order chi connectivity index (χ1) is 12.4. The van der Waals surface area contributed by atoms with Crippen LogP contribution in [0.25, 0.3) is 0 Å². The number of benzene rings is 1. The third kappa shape index (κ3) is 4.35. The zero-order valence-electron chi connectivity index (χ0n) is 14.5. The van der Waals surface area contributed by atoms with Gasteiger partial charge in [0.15, 0.2) is 0 Å². The lowest BCUT2D eigenvalue weighted by molar-refractivity contribution is -0.122. The molecule has 3 rings (SSSR count).